The van der Waals surface area contributed by atoms with E-state index in [2.05, 4.69) is 12.1 Å². The second kappa shape index (κ2) is 5.50. The molecule has 2 aromatic rings. The predicted octanol–water partition coefficient (Wildman–Crippen LogP) is 2.62. The molecule has 0 aliphatic heterocycles. The maximum absolute atomic E-state index is 8.95. The van der Waals surface area contributed by atoms with Crippen LogP contribution in [0.25, 0.3) is 11.3 Å². The van der Waals surface area contributed by atoms with Crippen molar-refractivity contribution in [2.45, 2.75) is 20.0 Å². The molecule has 4 nitrogen and oxygen atoms in total. The fourth-order valence-corrected chi connectivity index (χ4v) is 1.52. The highest BCUT2D eigenvalue weighted by Crippen LogP contribution is 2.30. The van der Waals surface area contributed by atoms with Gasteiger partial charge in [0, 0.05) is 6.07 Å². The van der Waals surface area contributed by atoms with Crippen LogP contribution in [-0.4, -0.2) is 16.9 Å². The number of aliphatic hydroxyl groups is 1. The molecular formula is C13H15NO3. The third-order valence-corrected chi connectivity index (χ3v) is 2.34. The molecule has 0 bridgehead atoms. The van der Waals surface area contributed by atoms with Gasteiger partial charge in [-0.3, -0.25) is 0 Å². The lowest BCUT2D eigenvalue weighted by molar-refractivity contribution is 0.267. The van der Waals surface area contributed by atoms with Crippen molar-refractivity contribution in [1.82, 2.24) is 5.16 Å². The third kappa shape index (κ3) is 2.65. The minimum atomic E-state index is -0.124. The summed E-state index contributed by atoms with van der Waals surface area (Å²) in [4.78, 5) is 0. The van der Waals surface area contributed by atoms with Crippen LogP contribution >= 0.6 is 0 Å². The minimum absolute atomic E-state index is 0.124. The lowest BCUT2D eigenvalue weighted by atomic mass is 10.1. The summed E-state index contributed by atoms with van der Waals surface area (Å²) in [7, 11) is 0. The Balaban J connectivity index is 2.30. The van der Waals surface area contributed by atoms with Crippen molar-refractivity contribution in [2.75, 3.05) is 6.61 Å². The van der Waals surface area contributed by atoms with E-state index >= 15 is 0 Å². The molecule has 1 heterocycles. The molecule has 0 unspecified atom stereocenters. The molecule has 0 saturated carbocycles. The Kier molecular flexibility index (Phi) is 3.77. The highest BCUT2D eigenvalue weighted by atomic mass is 16.5. The average Bonchev–Trinajstić information content (AvgIpc) is 2.85. The summed E-state index contributed by atoms with van der Waals surface area (Å²) in [6, 6.07) is 9.35. The molecule has 17 heavy (non-hydrogen) atoms. The Bertz CT molecular complexity index is 479. The van der Waals surface area contributed by atoms with Gasteiger partial charge in [-0.05, 0) is 18.6 Å². The lowest BCUT2D eigenvalue weighted by Gasteiger charge is -2.07. The van der Waals surface area contributed by atoms with Crippen molar-refractivity contribution < 1.29 is 14.4 Å². The van der Waals surface area contributed by atoms with Crippen LogP contribution in [-0.2, 0) is 6.61 Å². The Hall–Kier alpha value is -1.81. The molecule has 1 aromatic heterocycles. The van der Waals surface area contributed by atoms with E-state index in [0.29, 0.717) is 18.1 Å². The van der Waals surface area contributed by atoms with E-state index in [9.17, 15) is 0 Å². The van der Waals surface area contributed by atoms with E-state index in [0.717, 1.165) is 17.7 Å². The zero-order valence-corrected chi connectivity index (χ0v) is 9.72. The van der Waals surface area contributed by atoms with Crippen LogP contribution in [0.5, 0.6) is 5.75 Å². The van der Waals surface area contributed by atoms with Crippen molar-refractivity contribution in [3.8, 4) is 17.1 Å². The number of aliphatic hydroxyl groups excluding tert-OH is 1. The van der Waals surface area contributed by atoms with Crippen molar-refractivity contribution in [1.29, 1.82) is 0 Å². The number of rotatable bonds is 5. The molecule has 0 atom stereocenters. The van der Waals surface area contributed by atoms with E-state index in [4.69, 9.17) is 14.4 Å². The molecular weight excluding hydrogens is 218 g/mol. The van der Waals surface area contributed by atoms with Crippen LogP contribution in [0.4, 0.5) is 0 Å². The summed E-state index contributed by atoms with van der Waals surface area (Å²) in [5.74, 6) is 1.38. The number of hydrogen-bond donors (Lipinski definition) is 1. The highest BCUT2D eigenvalue weighted by molar-refractivity contribution is 5.65. The number of ether oxygens (including phenoxy) is 1. The number of benzene rings is 1. The first-order chi connectivity index (χ1) is 8.35. The van der Waals surface area contributed by atoms with Crippen molar-refractivity contribution in [2.24, 2.45) is 0 Å². The molecule has 0 fully saturated rings. The molecule has 1 N–H and O–H groups in total. The van der Waals surface area contributed by atoms with Gasteiger partial charge in [0.15, 0.2) is 5.76 Å². The molecule has 4 heteroatoms. The van der Waals surface area contributed by atoms with Gasteiger partial charge >= 0.3 is 0 Å². The van der Waals surface area contributed by atoms with Gasteiger partial charge in [-0.25, -0.2) is 0 Å². The molecule has 90 valence electrons. The summed E-state index contributed by atoms with van der Waals surface area (Å²) < 4.78 is 10.8. The minimum Gasteiger partial charge on any atom is -0.493 e. The van der Waals surface area contributed by atoms with E-state index in [1.807, 2.05) is 24.3 Å². The van der Waals surface area contributed by atoms with Gasteiger partial charge < -0.3 is 14.4 Å². The van der Waals surface area contributed by atoms with Crippen LogP contribution in [0.3, 0.4) is 0 Å². The number of aromatic nitrogens is 1. The van der Waals surface area contributed by atoms with Crippen LogP contribution in [0.15, 0.2) is 34.9 Å². The molecule has 0 aliphatic carbocycles. The van der Waals surface area contributed by atoms with Gasteiger partial charge in [0.2, 0.25) is 0 Å². The SMILES string of the molecule is CCCOc1ccccc1-c1cc(CO)no1. The summed E-state index contributed by atoms with van der Waals surface area (Å²) in [5.41, 5.74) is 1.37. The second-order valence-electron chi connectivity index (χ2n) is 3.69. The fourth-order valence-electron chi connectivity index (χ4n) is 1.52. The number of hydrogen-bond acceptors (Lipinski definition) is 4. The average molecular weight is 233 g/mol. The van der Waals surface area contributed by atoms with Gasteiger partial charge in [0.05, 0.1) is 18.8 Å². The van der Waals surface area contributed by atoms with Gasteiger partial charge in [-0.1, -0.05) is 24.2 Å². The molecule has 0 radical (unpaired) electrons. The summed E-state index contributed by atoms with van der Waals surface area (Å²) >= 11 is 0. The van der Waals surface area contributed by atoms with Gasteiger partial charge in [-0.2, -0.15) is 0 Å². The topological polar surface area (TPSA) is 55.5 Å². The zero-order chi connectivity index (χ0) is 12.1. The Morgan fingerprint density at radius 2 is 2.18 bits per heavy atom. The molecule has 2 rings (SSSR count). The lowest BCUT2D eigenvalue weighted by Crippen LogP contribution is -1.96. The zero-order valence-electron chi connectivity index (χ0n) is 9.72. The van der Waals surface area contributed by atoms with Crippen LogP contribution < -0.4 is 4.74 Å². The van der Waals surface area contributed by atoms with Gasteiger partial charge in [-0.15, -0.1) is 0 Å². The first-order valence-corrected chi connectivity index (χ1v) is 5.63. The monoisotopic (exact) mass is 233 g/mol. The molecule has 0 spiro atoms. The smallest absolute Gasteiger partial charge is 0.170 e. The summed E-state index contributed by atoms with van der Waals surface area (Å²) in [5, 5.41) is 12.7. The predicted molar refractivity (Wildman–Crippen MR) is 63.6 cm³/mol. The van der Waals surface area contributed by atoms with E-state index < -0.39 is 0 Å². The van der Waals surface area contributed by atoms with Crippen molar-refractivity contribution >= 4 is 0 Å². The normalized spacial score (nSPS) is 10.5. The quantitative estimate of drug-likeness (QED) is 0.862. The van der Waals surface area contributed by atoms with Crippen LogP contribution in [0.2, 0.25) is 0 Å². The van der Waals surface area contributed by atoms with Crippen molar-refractivity contribution in [3.05, 3.63) is 36.0 Å². The van der Waals surface area contributed by atoms with E-state index in [-0.39, 0.29) is 6.61 Å². The number of nitrogens with zero attached hydrogens (tertiary/aromatic N) is 1. The highest BCUT2D eigenvalue weighted by Gasteiger charge is 2.11. The third-order valence-electron chi connectivity index (χ3n) is 2.34. The second-order valence-corrected chi connectivity index (χ2v) is 3.69. The molecule has 0 saturated heterocycles. The Labute approximate surface area is 99.8 Å². The number of para-hydroxylation sites is 1. The van der Waals surface area contributed by atoms with Crippen LogP contribution in [0, 0.1) is 0 Å². The maximum atomic E-state index is 8.95. The van der Waals surface area contributed by atoms with E-state index in [1.165, 1.54) is 0 Å². The Morgan fingerprint density at radius 3 is 2.88 bits per heavy atom. The van der Waals surface area contributed by atoms with Crippen molar-refractivity contribution in [3.63, 3.8) is 0 Å². The molecule has 1 aromatic carbocycles. The van der Waals surface area contributed by atoms with Gasteiger partial charge in [0.1, 0.15) is 11.4 Å². The fraction of sp³-hybridized carbons (Fsp3) is 0.308. The van der Waals surface area contributed by atoms with Gasteiger partial charge in [0.25, 0.3) is 0 Å². The van der Waals surface area contributed by atoms with E-state index in [1.54, 1.807) is 6.07 Å². The molecule has 0 amide bonds. The van der Waals surface area contributed by atoms with Crippen LogP contribution in [0.1, 0.15) is 19.0 Å². The first-order valence-electron chi connectivity index (χ1n) is 5.63. The molecule has 0 aliphatic rings. The standard InChI is InChI=1S/C13H15NO3/c1-2-7-16-12-6-4-3-5-11(12)13-8-10(9-15)14-17-13/h3-6,8,15H,2,7,9H2,1H3. The maximum Gasteiger partial charge on any atom is 0.170 e. The Morgan fingerprint density at radius 1 is 1.35 bits per heavy atom. The summed E-state index contributed by atoms with van der Waals surface area (Å²) in [6.07, 6.45) is 0.951. The largest absolute Gasteiger partial charge is 0.493 e. The summed E-state index contributed by atoms with van der Waals surface area (Å²) in [6.45, 7) is 2.60. The first kappa shape index (κ1) is 11.7.